The van der Waals surface area contributed by atoms with E-state index in [2.05, 4.69) is 0 Å². The fourth-order valence-corrected chi connectivity index (χ4v) is 1.05. The summed E-state index contributed by atoms with van der Waals surface area (Å²) in [5.41, 5.74) is 0. The van der Waals surface area contributed by atoms with Gasteiger partial charge in [-0.3, -0.25) is 10.1 Å². The van der Waals surface area contributed by atoms with Crippen molar-refractivity contribution in [2.75, 3.05) is 6.54 Å². The molecule has 0 aromatic rings. The van der Waals surface area contributed by atoms with Crippen molar-refractivity contribution in [3.8, 4) is 0 Å². The zero-order chi connectivity index (χ0) is 15.2. The molecule has 0 atom stereocenters. The van der Waals surface area contributed by atoms with Gasteiger partial charge in [-0.05, 0) is 13.8 Å². The number of nitrogens with one attached hydrogen (secondary N) is 1. The molecule has 0 aromatic carbocycles. The SMILES string of the molecule is CC(C)N(CC(F)(F)F)C(=O)NC(=O)/C=C/C(=O)O. The first-order valence-corrected chi connectivity index (χ1v) is 5.12. The highest BCUT2D eigenvalue weighted by Crippen LogP contribution is 2.17. The number of carbonyl (C=O) groups excluding carboxylic acids is 2. The fourth-order valence-electron chi connectivity index (χ4n) is 1.05. The fraction of sp³-hybridized carbons (Fsp3) is 0.500. The Bertz CT molecular complexity index is 391. The van der Waals surface area contributed by atoms with E-state index < -0.39 is 36.7 Å². The van der Waals surface area contributed by atoms with Crippen LogP contribution in [0.4, 0.5) is 18.0 Å². The van der Waals surface area contributed by atoms with Gasteiger partial charge in [0.05, 0.1) is 0 Å². The van der Waals surface area contributed by atoms with Crippen LogP contribution in [0, 0.1) is 0 Å². The van der Waals surface area contributed by atoms with Crippen LogP contribution in [0.25, 0.3) is 0 Å². The van der Waals surface area contributed by atoms with Gasteiger partial charge in [0.15, 0.2) is 0 Å². The maximum atomic E-state index is 12.2. The molecular weight excluding hydrogens is 269 g/mol. The van der Waals surface area contributed by atoms with Crippen molar-refractivity contribution in [1.82, 2.24) is 10.2 Å². The first-order valence-electron chi connectivity index (χ1n) is 5.12. The molecule has 0 aliphatic rings. The van der Waals surface area contributed by atoms with Crippen molar-refractivity contribution in [1.29, 1.82) is 0 Å². The molecule has 108 valence electrons. The van der Waals surface area contributed by atoms with Gasteiger partial charge in [0.2, 0.25) is 0 Å². The van der Waals surface area contributed by atoms with Gasteiger partial charge in [-0.25, -0.2) is 9.59 Å². The van der Waals surface area contributed by atoms with Crippen LogP contribution in [0.3, 0.4) is 0 Å². The van der Waals surface area contributed by atoms with Crippen LogP contribution in [0.15, 0.2) is 12.2 Å². The first kappa shape index (κ1) is 16.9. The van der Waals surface area contributed by atoms with E-state index in [0.717, 1.165) is 0 Å². The lowest BCUT2D eigenvalue weighted by Gasteiger charge is -2.27. The number of nitrogens with zero attached hydrogens (tertiary/aromatic N) is 1. The molecule has 9 heteroatoms. The molecule has 0 aliphatic carbocycles. The van der Waals surface area contributed by atoms with Crippen LogP contribution in [0.2, 0.25) is 0 Å². The number of rotatable bonds is 4. The number of hydrogen-bond donors (Lipinski definition) is 2. The number of alkyl halides is 3. The van der Waals surface area contributed by atoms with Gasteiger partial charge in [0.1, 0.15) is 6.54 Å². The summed E-state index contributed by atoms with van der Waals surface area (Å²) in [4.78, 5) is 33.0. The average molecular weight is 282 g/mol. The minimum absolute atomic E-state index is 0.409. The summed E-state index contributed by atoms with van der Waals surface area (Å²) in [7, 11) is 0. The van der Waals surface area contributed by atoms with Crippen LogP contribution in [-0.4, -0.2) is 46.7 Å². The van der Waals surface area contributed by atoms with Gasteiger partial charge in [-0.1, -0.05) is 0 Å². The molecule has 0 saturated carbocycles. The zero-order valence-electron chi connectivity index (χ0n) is 10.2. The number of carboxylic acids is 1. The van der Waals surface area contributed by atoms with E-state index in [9.17, 15) is 27.6 Å². The molecule has 3 amide bonds. The monoisotopic (exact) mass is 282 g/mol. The topological polar surface area (TPSA) is 86.7 Å². The third-order valence-electron chi connectivity index (χ3n) is 1.84. The minimum atomic E-state index is -4.60. The predicted octanol–water partition coefficient (Wildman–Crippen LogP) is 1.14. The van der Waals surface area contributed by atoms with Crippen LogP contribution in [-0.2, 0) is 9.59 Å². The van der Waals surface area contributed by atoms with Gasteiger partial charge in [-0.15, -0.1) is 0 Å². The maximum Gasteiger partial charge on any atom is 0.406 e. The number of carbonyl (C=O) groups is 3. The number of imide groups is 1. The molecule has 0 radical (unpaired) electrons. The lowest BCUT2D eigenvalue weighted by molar-refractivity contribution is -0.143. The van der Waals surface area contributed by atoms with E-state index >= 15 is 0 Å². The standard InChI is InChI=1S/C10H13F3N2O4/c1-6(2)15(5-10(11,12)13)9(19)14-7(16)3-4-8(17)18/h3-4,6H,5H2,1-2H3,(H,17,18)(H,14,16,19)/b4-3+. The Morgan fingerprint density at radius 3 is 2.16 bits per heavy atom. The van der Waals surface area contributed by atoms with Crippen molar-refractivity contribution < 1.29 is 32.7 Å². The first-order chi connectivity index (χ1) is 8.53. The van der Waals surface area contributed by atoms with Gasteiger partial charge in [0.25, 0.3) is 5.91 Å². The highest BCUT2D eigenvalue weighted by molar-refractivity contribution is 6.02. The molecular formula is C10H13F3N2O4. The Morgan fingerprint density at radius 1 is 1.26 bits per heavy atom. The van der Waals surface area contributed by atoms with E-state index in [-0.39, 0.29) is 0 Å². The van der Waals surface area contributed by atoms with Crippen molar-refractivity contribution in [3.05, 3.63) is 12.2 Å². The van der Waals surface area contributed by atoms with Crippen LogP contribution in [0.5, 0.6) is 0 Å². The summed E-state index contributed by atoms with van der Waals surface area (Å²) in [6, 6.07) is -2.02. The minimum Gasteiger partial charge on any atom is -0.478 e. The molecule has 2 N–H and O–H groups in total. The second kappa shape index (κ2) is 6.76. The van der Waals surface area contributed by atoms with E-state index in [1.54, 1.807) is 5.32 Å². The average Bonchev–Trinajstić information content (AvgIpc) is 2.21. The summed E-state index contributed by atoms with van der Waals surface area (Å²) in [5.74, 6) is -2.53. The second-order valence-electron chi connectivity index (χ2n) is 3.80. The largest absolute Gasteiger partial charge is 0.478 e. The summed E-state index contributed by atoms with van der Waals surface area (Å²) in [5, 5.41) is 9.87. The van der Waals surface area contributed by atoms with Crippen molar-refractivity contribution >= 4 is 17.9 Å². The third-order valence-corrected chi connectivity index (χ3v) is 1.84. The Kier molecular flexibility index (Phi) is 6.03. The molecule has 0 rings (SSSR count). The van der Waals surface area contributed by atoms with Gasteiger partial charge < -0.3 is 10.0 Å². The molecule has 0 unspecified atom stereocenters. The Balaban J connectivity index is 4.66. The second-order valence-corrected chi connectivity index (χ2v) is 3.80. The molecule has 0 aliphatic heterocycles. The van der Waals surface area contributed by atoms with Crippen molar-refractivity contribution in [2.24, 2.45) is 0 Å². The zero-order valence-corrected chi connectivity index (χ0v) is 10.2. The predicted molar refractivity (Wildman–Crippen MR) is 58.2 cm³/mol. The molecule has 6 nitrogen and oxygen atoms in total. The molecule has 0 aromatic heterocycles. The van der Waals surface area contributed by atoms with Gasteiger partial charge in [0, 0.05) is 18.2 Å². The summed E-state index contributed by atoms with van der Waals surface area (Å²) in [6.07, 6.45) is -3.60. The number of hydrogen-bond acceptors (Lipinski definition) is 3. The Morgan fingerprint density at radius 2 is 1.79 bits per heavy atom. The van der Waals surface area contributed by atoms with Crippen LogP contribution >= 0.6 is 0 Å². The highest BCUT2D eigenvalue weighted by Gasteiger charge is 2.34. The van der Waals surface area contributed by atoms with E-state index in [1.807, 2.05) is 0 Å². The number of halogens is 3. The highest BCUT2D eigenvalue weighted by atomic mass is 19.4. The van der Waals surface area contributed by atoms with E-state index in [0.29, 0.717) is 17.1 Å². The molecule has 0 fully saturated rings. The Hall–Kier alpha value is -2.06. The summed E-state index contributed by atoms with van der Waals surface area (Å²) in [6.45, 7) is 1.19. The maximum absolute atomic E-state index is 12.2. The van der Waals surface area contributed by atoms with Gasteiger partial charge in [-0.2, -0.15) is 13.2 Å². The number of aliphatic carboxylic acids is 1. The van der Waals surface area contributed by atoms with Crippen LogP contribution in [0.1, 0.15) is 13.8 Å². The third kappa shape index (κ3) is 7.79. The molecule has 0 heterocycles. The lowest BCUT2D eigenvalue weighted by atomic mass is 10.3. The van der Waals surface area contributed by atoms with E-state index in [1.165, 1.54) is 13.8 Å². The van der Waals surface area contributed by atoms with Crippen molar-refractivity contribution in [3.63, 3.8) is 0 Å². The summed E-state index contributed by atoms with van der Waals surface area (Å²) >= 11 is 0. The lowest BCUT2D eigenvalue weighted by Crippen LogP contribution is -2.49. The number of urea groups is 1. The molecule has 0 bridgehead atoms. The molecule has 19 heavy (non-hydrogen) atoms. The van der Waals surface area contributed by atoms with Crippen LogP contribution < -0.4 is 5.32 Å². The molecule has 0 saturated heterocycles. The number of amides is 3. The number of carboxylic acid groups (broad SMARTS) is 1. The van der Waals surface area contributed by atoms with E-state index in [4.69, 9.17) is 5.11 Å². The Labute approximate surface area is 106 Å². The van der Waals surface area contributed by atoms with Crippen molar-refractivity contribution in [2.45, 2.75) is 26.1 Å². The normalized spacial score (nSPS) is 11.7. The van der Waals surface area contributed by atoms with Gasteiger partial charge >= 0.3 is 18.2 Å². The summed E-state index contributed by atoms with van der Waals surface area (Å²) < 4.78 is 36.7. The quantitative estimate of drug-likeness (QED) is 0.757. The smallest absolute Gasteiger partial charge is 0.406 e. The molecule has 0 spiro atoms.